The van der Waals surface area contributed by atoms with Crippen molar-refractivity contribution >= 4 is 5.70 Å². The maximum absolute atomic E-state index is 4.36. The van der Waals surface area contributed by atoms with Crippen LogP contribution in [0, 0.1) is 13.8 Å². The molecule has 76 valence electrons. The fraction of sp³-hybridized carbons (Fsp3) is 0.364. The lowest BCUT2D eigenvalue weighted by atomic mass is 10.1. The van der Waals surface area contributed by atoms with Gasteiger partial charge in [-0.25, -0.2) is 0 Å². The van der Waals surface area contributed by atoms with Gasteiger partial charge in [0.05, 0.1) is 5.69 Å². The number of nitrogens with zero attached hydrogens (tertiary/aromatic N) is 2. The molecule has 3 nitrogen and oxygen atoms in total. The Balaban J connectivity index is 3.29. The molecule has 0 aliphatic heterocycles. The van der Waals surface area contributed by atoms with Crippen LogP contribution in [0.25, 0.3) is 5.70 Å². The number of rotatable bonds is 3. The van der Waals surface area contributed by atoms with E-state index in [1.807, 2.05) is 31.8 Å². The van der Waals surface area contributed by atoms with Crippen molar-refractivity contribution in [3.63, 3.8) is 0 Å². The highest BCUT2D eigenvalue weighted by Gasteiger charge is 2.11. The van der Waals surface area contributed by atoms with Crippen LogP contribution in [0.2, 0.25) is 0 Å². The molecule has 0 bridgehead atoms. The number of hydrogen-bond donors (Lipinski definition) is 1. The van der Waals surface area contributed by atoms with E-state index in [0.29, 0.717) is 0 Å². The molecule has 14 heavy (non-hydrogen) atoms. The second-order valence-corrected chi connectivity index (χ2v) is 3.24. The fourth-order valence-electron chi connectivity index (χ4n) is 1.57. The zero-order valence-electron chi connectivity index (χ0n) is 9.26. The summed E-state index contributed by atoms with van der Waals surface area (Å²) in [5, 5.41) is 7.51. The van der Waals surface area contributed by atoms with Gasteiger partial charge in [-0.05, 0) is 19.9 Å². The van der Waals surface area contributed by atoms with Gasteiger partial charge in [0.15, 0.2) is 0 Å². The maximum atomic E-state index is 4.36. The number of nitrogens with one attached hydrogen (secondary N) is 1. The van der Waals surface area contributed by atoms with E-state index in [9.17, 15) is 0 Å². The largest absolute Gasteiger partial charge is 0.388 e. The van der Waals surface area contributed by atoms with Crippen molar-refractivity contribution < 1.29 is 0 Å². The van der Waals surface area contributed by atoms with Crippen molar-refractivity contribution in [2.24, 2.45) is 7.05 Å². The molecular formula is C11H17N3. The Kier molecular flexibility index (Phi) is 3.12. The zero-order valence-corrected chi connectivity index (χ0v) is 9.26. The SMILES string of the molecule is C=C/C=C(/NC)c1c(C)nn(C)c1C. The van der Waals surface area contributed by atoms with Gasteiger partial charge in [-0.1, -0.05) is 12.7 Å². The van der Waals surface area contributed by atoms with E-state index in [0.717, 1.165) is 22.6 Å². The van der Waals surface area contributed by atoms with E-state index in [1.54, 1.807) is 6.08 Å². The highest BCUT2D eigenvalue weighted by Crippen LogP contribution is 2.19. The van der Waals surface area contributed by atoms with Crippen molar-refractivity contribution in [3.8, 4) is 0 Å². The Morgan fingerprint density at radius 1 is 1.50 bits per heavy atom. The van der Waals surface area contributed by atoms with Crippen LogP contribution in [0.3, 0.4) is 0 Å². The fourth-order valence-corrected chi connectivity index (χ4v) is 1.57. The number of hydrogen-bond acceptors (Lipinski definition) is 2. The van der Waals surface area contributed by atoms with Crippen molar-refractivity contribution in [1.29, 1.82) is 0 Å². The lowest BCUT2D eigenvalue weighted by molar-refractivity contribution is 0.731. The molecule has 3 heteroatoms. The molecule has 0 aromatic carbocycles. The first-order valence-corrected chi connectivity index (χ1v) is 4.62. The van der Waals surface area contributed by atoms with Gasteiger partial charge in [0.2, 0.25) is 0 Å². The Hall–Kier alpha value is -1.51. The molecule has 0 saturated heterocycles. The molecule has 1 N–H and O–H groups in total. The number of allylic oxidation sites excluding steroid dienone is 2. The summed E-state index contributed by atoms with van der Waals surface area (Å²) in [5.41, 5.74) is 4.41. The van der Waals surface area contributed by atoms with Crippen LogP contribution in [0.15, 0.2) is 18.7 Å². The molecule has 0 amide bonds. The molecule has 0 unspecified atom stereocenters. The Labute approximate surface area is 85.1 Å². The van der Waals surface area contributed by atoms with Crippen LogP contribution < -0.4 is 5.32 Å². The van der Waals surface area contributed by atoms with Gasteiger partial charge in [-0.15, -0.1) is 0 Å². The van der Waals surface area contributed by atoms with E-state index in [-0.39, 0.29) is 0 Å². The van der Waals surface area contributed by atoms with Crippen LogP contribution in [0.5, 0.6) is 0 Å². The monoisotopic (exact) mass is 191 g/mol. The number of aryl methyl sites for hydroxylation is 2. The molecule has 0 radical (unpaired) electrons. The van der Waals surface area contributed by atoms with Crippen LogP contribution in [-0.4, -0.2) is 16.8 Å². The summed E-state index contributed by atoms with van der Waals surface area (Å²) in [6, 6.07) is 0. The van der Waals surface area contributed by atoms with Gasteiger partial charge in [-0.2, -0.15) is 5.10 Å². The molecule has 0 aliphatic carbocycles. The second kappa shape index (κ2) is 4.13. The summed E-state index contributed by atoms with van der Waals surface area (Å²) < 4.78 is 1.89. The third-order valence-electron chi connectivity index (χ3n) is 2.33. The highest BCUT2D eigenvalue weighted by atomic mass is 15.3. The van der Waals surface area contributed by atoms with E-state index in [2.05, 4.69) is 23.9 Å². The molecule has 1 rings (SSSR count). The summed E-state index contributed by atoms with van der Waals surface area (Å²) in [7, 11) is 3.86. The Morgan fingerprint density at radius 3 is 2.50 bits per heavy atom. The van der Waals surface area contributed by atoms with Gasteiger partial charge >= 0.3 is 0 Å². The highest BCUT2D eigenvalue weighted by molar-refractivity contribution is 5.68. The van der Waals surface area contributed by atoms with E-state index in [1.165, 1.54) is 0 Å². The third kappa shape index (κ3) is 1.71. The molecular weight excluding hydrogens is 174 g/mol. The molecule has 1 aromatic heterocycles. The predicted octanol–water partition coefficient (Wildman–Crippen LogP) is 1.78. The smallest absolute Gasteiger partial charge is 0.0689 e. The molecule has 0 aliphatic rings. The van der Waals surface area contributed by atoms with Gasteiger partial charge in [-0.3, -0.25) is 4.68 Å². The average Bonchev–Trinajstić information content (AvgIpc) is 2.39. The molecule has 0 saturated carbocycles. The zero-order chi connectivity index (χ0) is 10.7. The summed E-state index contributed by atoms with van der Waals surface area (Å²) >= 11 is 0. The summed E-state index contributed by atoms with van der Waals surface area (Å²) in [5.74, 6) is 0. The molecule has 0 atom stereocenters. The van der Waals surface area contributed by atoms with Gasteiger partial charge in [0, 0.05) is 31.0 Å². The minimum atomic E-state index is 1.03. The second-order valence-electron chi connectivity index (χ2n) is 3.24. The summed E-state index contributed by atoms with van der Waals surface area (Å²) in [4.78, 5) is 0. The molecule has 0 fully saturated rings. The average molecular weight is 191 g/mol. The minimum Gasteiger partial charge on any atom is -0.388 e. The van der Waals surface area contributed by atoms with Crippen LogP contribution in [0.1, 0.15) is 17.0 Å². The van der Waals surface area contributed by atoms with Gasteiger partial charge < -0.3 is 5.32 Å². The summed E-state index contributed by atoms with van der Waals surface area (Å²) in [6.07, 6.45) is 3.73. The Morgan fingerprint density at radius 2 is 2.14 bits per heavy atom. The molecule has 0 spiro atoms. The minimum absolute atomic E-state index is 1.03. The van der Waals surface area contributed by atoms with Crippen molar-refractivity contribution in [3.05, 3.63) is 35.7 Å². The third-order valence-corrected chi connectivity index (χ3v) is 2.33. The van der Waals surface area contributed by atoms with Gasteiger partial charge in [0.25, 0.3) is 0 Å². The standard InChI is InChI=1S/C11H17N3/c1-6-7-10(12-4)11-8(2)13-14(5)9(11)3/h6-7,12H,1H2,2-5H3/b10-7+. The van der Waals surface area contributed by atoms with Crippen molar-refractivity contribution in [2.75, 3.05) is 7.05 Å². The van der Waals surface area contributed by atoms with E-state index in [4.69, 9.17) is 0 Å². The lowest BCUT2D eigenvalue weighted by Gasteiger charge is -2.06. The van der Waals surface area contributed by atoms with Crippen LogP contribution in [0.4, 0.5) is 0 Å². The predicted molar refractivity (Wildman–Crippen MR) is 59.9 cm³/mol. The lowest BCUT2D eigenvalue weighted by Crippen LogP contribution is -2.06. The quantitative estimate of drug-likeness (QED) is 0.738. The van der Waals surface area contributed by atoms with Crippen LogP contribution >= 0.6 is 0 Å². The topological polar surface area (TPSA) is 29.9 Å². The van der Waals surface area contributed by atoms with Crippen molar-refractivity contribution in [1.82, 2.24) is 15.1 Å². The van der Waals surface area contributed by atoms with Crippen molar-refractivity contribution in [2.45, 2.75) is 13.8 Å². The molecule has 1 heterocycles. The molecule has 1 aromatic rings. The van der Waals surface area contributed by atoms with E-state index < -0.39 is 0 Å². The summed E-state index contributed by atoms with van der Waals surface area (Å²) in [6.45, 7) is 7.77. The first-order valence-electron chi connectivity index (χ1n) is 4.62. The number of aromatic nitrogens is 2. The van der Waals surface area contributed by atoms with Gasteiger partial charge in [0.1, 0.15) is 0 Å². The first kappa shape index (κ1) is 10.6. The normalized spacial score (nSPS) is 11.6. The first-order chi connectivity index (χ1) is 6.61. The van der Waals surface area contributed by atoms with Crippen LogP contribution in [-0.2, 0) is 7.05 Å². The van der Waals surface area contributed by atoms with E-state index >= 15 is 0 Å². The maximum Gasteiger partial charge on any atom is 0.0689 e. The Bertz CT molecular complexity index is 372.